The molecule has 2 atom stereocenters. The summed E-state index contributed by atoms with van der Waals surface area (Å²) >= 11 is 0. The Bertz CT molecular complexity index is 329. The van der Waals surface area contributed by atoms with Crippen LogP contribution in [-0.2, 0) is 4.79 Å². The van der Waals surface area contributed by atoms with Crippen molar-refractivity contribution >= 4 is 11.9 Å². The average molecular weight is 269 g/mol. The molecule has 1 aliphatic rings. The van der Waals surface area contributed by atoms with Crippen molar-refractivity contribution < 1.29 is 4.79 Å². The van der Waals surface area contributed by atoms with Gasteiger partial charge >= 0.3 is 0 Å². The van der Waals surface area contributed by atoms with Gasteiger partial charge in [-0.15, -0.1) is 0 Å². The number of carbonyl (C=O) groups excluding carboxylic acids is 1. The predicted molar refractivity (Wildman–Crippen MR) is 78.2 cm³/mol. The van der Waals surface area contributed by atoms with Crippen molar-refractivity contribution in [3.63, 3.8) is 0 Å². The molecular weight excluding hydrogens is 242 g/mol. The van der Waals surface area contributed by atoms with Crippen LogP contribution in [0.15, 0.2) is 4.99 Å². The predicted octanol–water partition coefficient (Wildman–Crippen LogP) is -0.374. The number of guanidine groups is 1. The van der Waals surface area contributed by atoms with Gasteiger partial charge < -0.3 is 16.0 Å². The molecule has 1 saturated heterocycles. The third-order valence-electron chi connectivity index (χ3n) is 3.61. The second kappa shape index (κ2) is 7.33. The molecule has 0 saturated carbocycles. The topological polar surface area (TPSA) is 68.8 Å². The standard InChI is InChI=1S/C13H27N5O/c1-9(2)18-7-10(3)11(8-18)17-13(15-5)16-6-12(19)14-4/h9-11H,6-8H2,1-5H3,(H,14,19)(H2,15,16,17). The molecule has 0 radical (unpaired) electrons. The Morgan fingerprint density at radius 1 is 1.42 bits per heavy atom. The molecule has 1 rings (SSSR count). The molecule has 2 unspecified atom stereocenters. The van der Waals surface area contributed by atoms with E-state index in [1.165, 1.54) is 0 Å². The number of hydrogen-bond donors (Lipinski definition) is 3. The number of likely N-dealkylation sites (tertiary alicyclic amines) is 1. The number of likely N-dealkylation sites (N-methyl/N-ethyl adjacent to an activating group) is 1. The zero-order valence-electron chi connectivity index (χ0n) is 12.7. The first-order chi connectivity index (χ1) is 8.97. The van der Waals surface area contributed by atoms with E-state index in [1.807, 2.05) is 0 Å². The van der Waals surface area contributed by atoms with E-state index < -0.39 is 0 Å². The molecule has 1 aliphatic heterocycles. The molecule has 1 heterocycles. The fourth-order valence-corrected chi connectivity index (χ4v) is 2.24. The zero-order chi connectivity index (χ0) is 14.4. The summed E-state index contributed by atoms with van der Waals surface area (Å²) in [4.78, 5) is 17.8. The molecule has 0 aromatic carbocycles. The quantitative estimate of drug-likeness (QED) is 0.481. The highest BCUT2D eigenvalue weighted by Gasteiger charge is 2.31. The molecule has 19 heavy (non-hydrogen) atoms. The summed E-state index contributed by atoms with van der Waals surface area (Å²) in [7, 11) is 3.35. The number of hydrogen-bond acceptors (Lipinski definition) is 3. The van der Waals surface area contributed by atoms with Gasteiger partial charge in [0.1, 0.15) is 0 Å². The van der Waals surface area contributed by atoms with Crippen molar-refractivity contribution in [3.05, 3.63) is 0 Å². The van der Waals surface area contributed by atoms with E-state index >= 15 is 0 Å². The van der Waals surface area contributed by atoms with Gasteiger partial charge in [0.2, 0.25) is 5.91 Å². The Balaban J connectivity index is 2.46. The lowest BCUT2D eigenvalue weighted by molar-refractivity contribution is -0.119. The molecule has 1 fully saturated rings. The van der Waals surface area contributed by atoms with E-state index in [2.05, 4.69) is 46.6 Å². The summed E-state index contributed by atoms with van der Waals surface area (Å²) in [6.45, 7) is 9.03. The fourth-order valence-electron chi connectivity index (χ4n) is 2.24. The second-order valence-electron chi connectivity index (χ2n) is 5.37. The lowest BCUT2D eigenvalue weighted by Crippen LogP contribution is -2.48. The number of aliphatic imine (C=N–C) groups is 1. The Morgan fingerprint density at radius 3 is 2.58 bits per heavy atom. The Kier molecular flexibility index (Phi) is 6.08. The molecule has 0 aliphatic carbocycles. The van der Waals surface area contributed by atoms with Crippen LogP contribution < -0.4 is 16.0 Å². The maximum absolute atomic E-state index is 11.2. The van der Waals surface area contributed by atoms with E-state index in [0.717, 1.165) is 13.1 Å². The Hall–Kier alpha value is -1.30. The number of rotatable bonds is 4. The first kappa shape index (κ1) is 15.8. The number of amides is 1. The molecule has 0 spiro atoms. The second-order valence-corrected chi connectivity index (χ2v) is 5.37. The van der Waals surface area contributed by atoms with Gasteiger partial charge in [-0.3, -0.25) is 14.7 Å². The van der Waals surface area contributed by atoms with Gasteiger partial charge in [0.15, 0.2) is 5.96 Å². The largest absolute Gasteiger partial charge is 0.358 e. The van der Waals surface area contributed by atoms with Gasteiger partial charge in [0.05, 0.1) is 6.54 Å². The van der Waals surface area contributed by atoms with Crippen molar-refractivity contribution in [3.8, 4) is 0 Å². The minimum atomic E-state index is -0.0498. The first-order valence-corrected chi connectivity index (χ1v) is 6.89. The number of nitrogens with one attached hydrogen (secondary N) is 3. The van der Waals surface area contributed by atoms with Gasteiger partial charge in [-0.05, 0) is 19.8 Å². The molecule has 6 heteroatoms. The third-order valence-corrected chi connectivity index (χ3v) is 3.61. The monoisotopic (exact) mass is 269 g/mol. The number of nitrogens with zero attached hydrogens (tertiary/aromatic N) is 2. The number of carbonyl (C=O) groups is 1. The highest BCUT2D eigenvalue weighted by Crippen LogP contribution is 2.18. The van der Waals surface area contributed by atoms with Gasteiger partial charge in [-0.1, -0.05) is 6.92 Å². The highest BCUT2D eigenvalue weighted by molar-refractivity contribution is 5.86. The van der Waals surface area contributed by atoms with Crippen molar-refractivity contribution in [1.82, 2.24) is 20.9 Å². The third kappa shape index (κ3) is 4.70. The lowest BCUT2D eigenvalue weighted by Gasteiger charge is -2.21. The normalized spacial score (nSPS) is 24.6. The summed E-state index contributed by atoms with van der Waals surface area (Å²) in [5.41, 5.74) is 0. The minimum Gasteiger partial charge on any atom is -0.358 e. The van der Waals surface area contributed by atoms with E-state index in [4.69, 9.17) is 0 Å². The van der Waals surface area contributed by atoms with Crippen LogP contribution >= 0.6 is 0 Å². The first-order valence-electron chi connectivity index (χ1n) is 6.89. The molecule has 1 amide bonds. The van der Waals surface area contributed by atoms with Crippen LogP contribution in [0, 0.1) is 5.92 Å². The van der Waals surface area contributed by atoms with Crippen LogP contribution in [0.25, 0.3) is 0 Å². The van der Waals surface area contributed by atoms with Crippen LogP contribution in [0.3, 0.4) is 0 Å². The zero-order valence-corrected chi connectivity index (χ0v) is 12.7. The van der Waals surface area contributed by atoms with Crippen molar-refractivity contribution in [2.75, 3.05) is 33.7 Å². The fraction of sp³-hybridized carbons (Fsp3) is 0.846. The summed E-state index contributed by atoms with van der Waals surface area (Å²) < 4.78 is 0. The van der Waals surface area contributed by atoms with E-state index in [1.54, 1.807) is 14.1 Å². The minimum absolute atomic E-state index is 0.0498. The van der Waals surface area contributed by atoms with E-state index in [0.29, 0.717) is 24.0 Å². The maximum atomic E-state index is 11.2. The molecule has 110 valence electrons. The molecule has 0 bridgehead atoms. The average Bonchev–Trinajstić information content (AvgIpc) is 2.75. The maximum Gasteiger partial charge on any atom is 0.239 e. The van der Waals surface area contributed by atoms with Crippen LogP contribution in [0.5, 0.6) is 0 Å². The lowest BCUT2D eigenvalue weighted by atomic mass is 10.1. The summed E-state index contributed by atoms with van der Waals surface area (Å²) in [6.07, 6.45) is 0. The summed E-state index contributed by atoms with van der Waals surface area (Å²) in [5, 5.41) is 8.99. The van der Waals surface area contributed by atoms with Gasteiger partial charge in [0.25, 0.3) is 0 Å². The van der Waals surface area contributed by atoms with Crippen molar-refractivity contribution in [2.24, 2.45) is 10.9 Å². The van der Waals surface area contributed by atoms with Crippen molar-refractivity contribution in [2.45, 2.75) is 32.9 Å². The molecule has 0 aromatic rings. The van der Waals surface area contributed by atoms with Crippen LogP contribution in [0.1, 0.15) is 20.8 Å². The van der Waals surface area contributed by atoms with Crippen LogP contribution in [0.4, 0.5) is 0 Å². The summed E-state index contributed by atoms with van der Waals surface area (Å²) in [5.74, 6) is 1.21. The van der Waals surface area contributed by atoms with Crippen LogP contribution in [0.2, 0.25) is 0 Å². The summed E-state index contributed by atoms with van der Waals surface area (Å²) in [6, 6.07) is 0.938. The van der Waals surface area contributed by atoms with Gasteiger partial charge in [-0.25, -0.2) is 0 Å². The Morgan fingerprint density at radius 2 is 2.11 bits per heavy atom. The van der Waals surface area contributed by atoms with E-state index in [9.17, 15) is 4.79 Å². The SMILES string of the molecule is CN=C(NCC(=O)NC)NC1CN(C(C)C)CC1C. The van der Waals surface area contributed by atoms with Crippen LogP contribution in [-0.4, -0.2) is 62.6 Å². The molecule has 3 N–H and O–H groups in total. The highest BCUT2D eigenvalue weighted by atomic mass is 16.1. The van der Waals surface area contributed by atoms with E-state index in [-0.39, 0.29) is 12.5 Å². The van der Waals surface area contributed by atoms with Gasteiger partial charge in [0, 0.05) is 39.3 Å². The van der Waals surface area contributed by atoms with Gasteiger partial charge in [-0.2, -0.15) is 0 Å². The Labute approximate surface area is 116 Å². The van der Waals surface area contributed by atoms with Crippen molar-refractivity contribution in [1.29, 1.82) is 0 Å². The smallest absolute Gasteiger partial charge is 0.239 e. The molecule has 0 aromatic heterocycles. The molecule has 6 nitrogen and oxygen atoms in total. The molecular formula is C13H27N5O.